The zero-order valence-electron chi connectivity index (χ0n) is 11.7. The summed E-state index contributed by atoms with van der Waals surface area (Å²) in [7, 11) is 0. The van der Waals surface area contributed by atoms with Gasteiger partial charge >= 0.3 is 0 Å². The van der Waals surface area contributed by atoms with Gasteiger partial charge in [-0.05, 0) is 47.7 Å². The molecule has 0 spiro atoms. The van der Waals surface area contributed by atoms with Gasteiger partial charge in [-0.15, -0.1) is 0 Å². The molecule has 3 aromatic heterocycles. The van der Waals surface area contributed by atoms with E-state index in [1.54, 1.807) is 16.8 Å². The van der Waals surface area contributed by atoms with Crippen LogP contribution in [0.5, 0.6) is 0 Å². The number of hydrogen-bond acceptors (Lipinski definition) is 4. The van der Waals surface area contributed by atoms with E-state index >= 15 is 0 Å². The third-order valence-electron chi connectivity index (χ3n) is 3.23. The number of halogens is 2. The Morgan fingerprint density at radius 2 is 2.00 bits per heavy atom. The van der Waals surface area contributed by atoms with Crippen molar-refractivity contribution in [3.05, 3.63) is 56.4 Å². The second-order valence-corrected chi connectivity index (χ2v) is 5.82. The van der Waals surface area contributed by atoms with Crippen LogP contribution < -0.4 is 10.9 Å². The minimum atomic E-state index is -0.397. The molecule has 0 saturated heterocycles. The molecule has 0 saturated carbocycles. The Bertz CT molecular complexity index is 892. The predicted molar refractivity (Wildman–Crippen MR) is 91.9 cm³/mol. The van der Waals surface area contributed by atoms with Crippen molar-refractivity contribution in [3.63, 3.8) is 0 Å². The van der Waals surface area contributed by atoms with Gasteiger partial charge in [0, 0.05) is 24.2 Å². The molecular weight excluding hydrogens is 398 g/mol. The summed E-state index contributed by atoms with van der Waals surface area (Å²) in [4.78, 5) is 20.4. The van der Waals surface area contributed by atoms with Crippen LogP contribution in [0.25, 0.3) is 10.9 Å². The highest BCUT2D eigenvalue weighted by Gasteiger charge is 2.08. The molecule has 0 aromatic carbocycles. The van der Waals surface area contributed by atoms with Crippen LogP contribution >= 0.6 is 22.6 Å². The maximum Gasteiger partial charge on any atom is 0.264 e. The van der Waals surface area contributed by atoms with Gasteiger partial charge in [-0.25, -0.2) is 14.4 Å². The molecule has 3 aromatic rings. The highest BCUT2D eigenvalue weighted by Crippen LogP contribution is 2.19. The molecule has 1 N–H and O–H groups in total. The molecule has 0 amide bonds. The lowest BCUT2D eigenvalue weighted by atomic mass is 10.2. The van der Waals surface area contributed by atoms with Crippen LogP contribution in [-0.2, 0) is 6.54 Å². The zero-order chi connectivity index (χ0) is 15.7. The molecule has 0 atom stereocenters. The zero-order valence-corrected chi connectivity index (χ0v) is 13.8. The van der Waals surface area contributed by atoms with Gasteiger partial charge in [0.2, 0.25) is 0 Å². The number of aromatic nitrogens is 3. The molecule has 7 heteroatoms. The lowest BCUT2D eigenvalue weighted by molar-refractivity contribution is 0.622. The third-order valence-corrected chi connectivity index (χ3v) is 4.01. The van der Waals surface area contributed by atoms with Gasteiger partial charge in [0.1, 0.15) is 17.5 Å². The molecular formula is C15H12FIN4O. The van der Waals surface area contributed by atoms with Crippen LogP contribution in [-0.4, -0.2) is 14.5 Å². The van der Waals surface area contributed by atoms with Gasteiger partial charge in [0.15, 0.2) is 0 Å². The van der Waals surface area contributed by atoms with Crippen LogP contribution in [0.1, 0.15) is 6.92 Å². The smallest absolute Gasteiger partial charge is 0.264 e. The van der Waals surface area contributed by atoms with Crippen molar-refractivity contribution >= 4 is 45.1 Å². The third kappa shape index (κ3) is 2.80. The van der Waals surface area contributed by atoms with Crippen LogP contribution in [0.4, 0.5) is 16.0 Å². The molecule has 0 aliphatic heterocycles. The first kappa shape index (κ1) is 14.9. The highest BCUT2D eigenvalue weighted by atomic mass is 127. The number of nitrogens with zero attached hydrogens (tertiary/aromatic N) is 3. The van der Waals surface area contributed by atoms with Gasteiger partial charge < -0.3 is 9.88 Å². The molecule has 0 unspecified atom stereocenters. The van der Waals surface area contributed by atoms with Gasteiger partial charge in [0.25, 0.3) is 5.56 Å². The largest absolute Gasteiger partial charge is 0.325 e. The van der Waals surface area contributed by atoms with E-state index in [-0.39, 0.29) is 5.56 Å². The quantitative estimate of drug-likeness (QED) is 0.674. The first-order valence-electron chi connectivity index (χ1n) is 6.66. The van der Waals surface area contributed by atoms with E-state index in [0.717, 1.165) is 17.1 Å². The number of pyridine rings is 3. The van der Waals surface area contributed by atoms with Gasteiger partial charge in [-0.1, -0.05) is 0 Å². The number of anilines is 2. The van der Waals surface area contributed by atoms with Crippen LogP contribution in [0.15, 0.2) is 41.5 Å². The topological polar surface area (TPSA) is 59.8 Å². The van der Waals surface area contributed by atoms with Crippen molar-refractivity contribution in [1.82, 2.24) is 14.5 Å². The number of fused-ring (bicyclic) bond motifs is 1. The Labute approximate surface area is 139 Å². The normalized spacial score (nSPS) is 10.9. The second kappa shape index (κ2) is 5.99. The summed E-state index contributed by atoms with van der Waals surface area (Å²) in [5, 5.41) is 3.89. The van der Waals surface area contributed by atoms with Crippen LogP contribution in [0.3, 0.4) is 0 Å². The van der Waals surface area contributed by atoms with Crippen molar-refractivity contribution in [3.8, 4) is 0 Å². The molecule has 5 nitrogen and oxygen atoms in total. The van der Waals surface area contributed by atoms with Crippen LogP contribution in [0.2, 0.25) is 0 Å². The van der Waals surface area contributed by atoms with Crippen molar-refractivity contribution in [2.75, 3.05) is 5.32 Å². The Morgan fingerprint density at radius 1 is 1.23 bits per heavy atom. The van der Waals surface area contributed by atoms with Gasteiger partial charge in [-0.2, -0.15) is 0 Å². The van der Waals surface area contributed by atoms with E-state index in [4.69, 9.17) is 0 Å². The van der Waals surface area contributed by atoms with Crippen molar-refractivity contribution in [1.29, 1.82) is 0 Å². The molecule has 0 fully saturated rings. The second-order valence-electron chi connectivity index (χ2n) is 4.66. The highest BCUT2D eigenvalue weighted by molar-refractivity contribution is 14.1. The standard InChI is InChI=1S/C15H12FIN4O/c1-2-21-12-6-14(20-13-4-3-10(16)8-19-13)18-7-9(12)5-11(17)15(21)22/h3-8H,2H2,1H3,(H,18,19,20). The van der Waals surface area contributed by atoms with E-state index in [9.17, 15) is 9.18 Å². The average Bonchev–Trinajstić information content (AvgIpc) is 2.51. The fraction of sp³-hybridized carbons (Fsp3) is 0.133. The number of aryl methyl sites for hydroxylation is 1. The summed E-state index contributed by atoms with van der Waals surface area (Å²) in [6.07, 6.45) is 2.84. The molecule has 0 radical (unpaired) electrons. The summed E-state index contributed by atoms with van der Waals surface area (Å²) >= 11 is 2.03. The van der Waals surface area contributed by atoms with Crippen molar-refractivity contribution in [2.45, 2.75) is 13.5 Å². The fourth-order valence-corrected chi connectivity index (χ4v) is 2.83. The Hall–Kier alpha value is -2.03. The molecule has 112 valence electrons. The lowest BCUT2D eigenvalue weighted by Gasteiger charge is -2.11. The SMILES string of the molecule is CCn1c(=O)c(I)cc2cnc(Nc3ccc(F)cn3)cc21. The van der Waals surface area contributed by atoms with E-state index in [0.29, 0.717) is 21.8 Å². The molecule has 3 rings (SSSR count). The number of nitrogens with one attached hydrogen (secondary N) is 1. The molecule has 22 heavy (non-hydrogen) atoms. The summed E-state index contributed by atoms with van der Waals surface area (Å²) in [5.41, 5.74) is 0.778. The minimum absolute atomic E-state index is 0.0207. The van der Waals surface area contributed by atoms with E-state index in [1.165, 1.54) is 12.1 Å². The maximum atomic E-state index is 12.9. The minimum Gasteiger partial charge on any atom is -0.325 e. The Balaban J connectivity index is 2.07. The molecule has 0 aliphatic carbocycles. The monoisotopic (exact) mass is 410 g/mol. The van der Waals surface area contributed by atoms with Crippen molar-refractivity contribution < 1.29 is 4.39 Å². The molecule has 0 bridgehead atoms. The lowest BCUT2D eigenvalue weighted by Crippen LogP contribution is -2.22. The predicted octanol–water partition coefficient (Wildman–Crippen LogP) is 3.30. The molecule has 0 aliphatic rings. The van der Waals surface area contributed by atoms with E-state index in [1.807, 2.05) is 35.6 Å². The Morgan fingerprint density at radius 3 is 2.68 bits per heavy atom. The summed E-state index contributed by atoms with van der Waals surface area (Å²) in [6, 6.07) is 6.46. The van der Waals surface area contributed by atoms with Crippen molar-refractivity contribution in [2.24, 2.45) is 0 Å². The first-order valence-corrected chi connectivity index (χ1v) is 7.74. The summed E-state index contributed by atoms with van der Waals surface area (Å²) in [6.45, 7) is 2.50. The maximum absolute atomic E-state index is 12.9. The number of hydrogen-bond donors (Lipinski definition) is 1. The first-order chi connectivity index (χ1) is 10.6. The van der Waals surface area contributed by atoms with Gasteiger partial charge in [0.05, 0.1) is 15.3 Å². The van der Waals surface area contributed by atoms with E-state index < -0.39 is 5.82 Å². The fourth-order valence-electron chi connectivity index (χ4n) is 2.20. The Kier molecular flexibility index (Phi) is 4.06. The van der Waals surface area contributed by atoms with E-state index in [2.05, 4.69) is 15.3 Å². The van der Waals surface area contributed by atoms with Crippen LogP contribution in [0, 0.1) is 9.39 Å². The van der Waals surface area contributed by atoms with Gasteiger partial charge in [-0.3, -0.25) is 4.79 Å². The average molecular weight is 410 g/mol. The summed E-state index contributed by atoms with van der Waals surface area (Å²) < 4.78 is 15.2. The molecule has 3 heterocycles. The summed E-state index contributed by atoms with van der Waals surface area (Å²) in [5.74, 6) is 0.644. The number of rotatable bonds is 3.